The van der Waals surface area contributed by atoms with Crippen LogP contribution in [0.4, 0.5) is 0 Å². The normalized spacial score (nSPS) is 13.3. The molecule has 1 aromatic carbocycles. The van der Waals surface area contributed by atoms with Gasteiger partial charge in [0.15, 0.2) is 11.6 Å². The van der Waals surface area contributed by atoms with Gasteiger partial charge in [0, 0.05) is 17.7 Å². The van der Waals surface area contributed by atoms with Gasteiger partial charge in [0.25, 0.3) is 0 Å². The van der Waals surface area contributed by atoms with E-state index in [1.165, 1.54) is 0 Å². The average Bonchev–Trinajstić information content (AvgIpc) is 3.23. The molecule has 1 unspecified atom stereocenters. The number of sulfonamides is 1. The van der Waals surface area contributed by atoms with E-state index in [0.717, 1.165) is 5.69 Å². The molecule has 27 heavy (non-hydrogen) atoms. The minimum atomic E-state index is -3.78. The molecule has 8 nitrogen and oxygen atoms in total. The molecule has 0 saturated heterocycles. The van der Waals surface area contributed by atoms with E-state index in [9.17, 15) is 8.42 Å². The number of hydrogen-bond acceptors (Lipinski definition) is 6. The molecule has 0 aliphatic rings. The topological polar surface area (TPSA) is 103 Å². The number of benzene rings is 1. The second-order valence-electron chi connectivity index (χ2n) is 6.85. The predicted molar refractivity (Wildman–Crippen MR) is 101 cm³/mol. The summed E-state index contributed by atoms with van der Waals surface area (Å²) in [5.74, 6) is 1.09. The van der Waals surface area contributed by atoms with Crippen molar-refractivity contribution in [3.63, 3.8) is 0 Å². The molecule has 0 amide bonds. The number of aromatic nitrogens is 4. The van der Waals surface area contributed by atoms with Crippen LogP contribution in [0.1, 0.15) is 49.9 Å². The molecule has 0 saturated carbocycles. The van der Waals surface area contributed by atoms with Crippen LogP contribution >= 0.6 is 0 Å². The van der Waals surface area contributed by atoms with E-state index in [0.29, 0.717) is 22.7 Å². The largest absolute Gasteiger partial charge is 0.356 e. The lowest BCUT2D eigenvalue weighted by Crippen LogP contribution is -2.29. The zero-order valence-corrected chi connectivity index (χ0v) is 16.8. The maximum absolute atomic E-state index is 13.0. The van der Waals surface area contributed by atoms with Crippen LogP contribution < -0.4 is 4.72 Å². The smallest absolute Gasteiger partial charge is 0.241 e. The zero-order chi connectivity index (χ0) is 19.8. The van der Waals surface area contributed by atoms with Crippen molar-refractivity contribution < 1.29 is 12.9 Å². The lowest BCUT2D eigenvalue weighted by Gasteiger charge is -2.18. The summed E-state index contributed by atoms with van der Waals surface area (Å²) in [5.41, 5.74) is 2.02. The maximum Gasteiger partial charge on any atom is 0.241 e. The van der Waals surface area contributed by atoms with Crippen LogP contribution in [-0.4, -0.2) is 28.3 Å². The number of nitrogens with one attached hydrogen (secondary N) is 1. The third-order valence-corrected chi connectivity index (χ3v) is 5.95. The minimum absolute atomic E-state index is 0.127. The molecule has 144 valence electrons. The Morgan fingerprint density at radius 2 is 1.89 bits per heavy atom. The molecule has 3 aromatic rings. The monoisotopic (exact) mass is 389 g/mol. The fraction of sp³-hybridized carbons (Fsp3) is 0.389. The predicted octanol–water partition coefficient (Wildman–Crippen LogP) is 3.17. The number of hydrogen-bond donors (Lipinski definition) is 1. The molecule has 3 rings (SSSR count). The Balaban J connectivity index is 1.93. The van der Waals surface area contributed by atoms with Crippen LogP contribution in [0.25, 0.3) is 11.3 Å². The number of aryl methyl sites for hydroxylation is 2. The first-order valence-corrected chi connectivity index (χ1v) is 10.1. The highest BCUT2D eigenvalue weighted by Crippen LogP contribution is 2.27. The van der Waals surface area contributed by atoms with E-state index in [4.69, 9.17) is 4.52 Å². The SMILES string of the molecule is Cc1cc(-c2ccc(C)c(S(=O)(=O)NC(C)c3nncn3C(C)C)c2)on1. The second-order valence-corrected chi connectivity index (χ2v) is 8.53. The van der Waals surface area contributed by atoms with E-state index in [1.54, 1.807) is 38.4 Å². The standard InChI is InChI=1S/C18H23N5O3S/c1-11(2)23-10-19-20-18(23)14(5)22-27(24,25)17-9-15(7-6-12(17)3)16-8-13(4)21-26-16/h6-11,14,22H,1-5H3. The van der Waals surface area contributed by atoms with Gasteiger partial charge >= 0.3 is 0 Å². The Morgan fingerprint density at radius 1 is 1.15 bits per heavy atom. The van der Waals surface area contributed by atoms with Gasteiger partial charge in [-0.3, -0.25) is 0 Å². The van der Waals surface area contributed by atoms with Crippen LogP contribution in [0.3, 0.4) is 0 Å². The molecule has 0 aliphatic carbocycles. The Labute approximate surface area is 158 Å². The third kappa shape index (κ3) is 3.93. The van der Waals surface area contributed by atoms with Crippen molar-refractivity contribution in [2.24, 2.45) is 0 Å². The van der Waals surface area contributed by atoms with Crippen LogP contribution in [0, 0.1) is 13.8 Å². The van der Waals surface area contributed by atoms with Gasteiger partial charge in [-0.2, -0.15) is 0 Å². The highest BCUT2D eigenvalue weighted by atomic mass is 32.2. The summed E-state index contributed by atoms with van der Waals surface area (Å²) in [6.45, 7) is 9.29. The third-order valence-electron chi connectivity index (χ3n) is 4.27. The van der Waals surface area contributed by atoms with Crippen molar-refractivity contribution in [3.8, 4) is 11.3 Å². The van der Waals surface area contributed by atoms with Gasteiger partial charge < -0.3 is 9.09 Å². The summed E-state index contributed by atoms with van der Waals surface area (Å²) in [5, 5.41) is 11.8. The lowest BCUT2D eigenvalue weighted by atomic mass is 10.1. The molecule has 1 N–H and O–H groups in total. The molecular weight excluding hydrogens is 366 g/mol. The molecule has 2 heterocycles. The summed E-state index contributed by atoms with van der Waals surface area (Å²) >= 11 is 0. The van der Waals surface area contributed by atoms with E-state index >= 15 is 0 Å². The maximum atomic E-state index is 13.0. The van der Waals surface area contributed by atoms with Gasteiger partial charge in [-0.05, 0) is 46.2 Å². The Bertz CT molecular complexity index is 1050. The van der Waals surface area contributed by atoms with E-state index < -0.39 is 16.1 Å². The van der Waals surface area contributed by atoms with Crippen molar-refractivity contribution in [2.75, 3.05) is 0 Å². The Morgan fingerprint density at radius 3 is 2.52 bits per heavy atom. The molecule has 0 bridgehead atoms. The summed E-state index contributed by atoms with van der Waals surface area (Å²) in [6, 6.07) is 6.52. The highest BCUT2D eigenvalue weighted by molar-refractivity contribution is 7.89. The van der Waals surface area contributed by atoms with Crippen LogP contribution in [0.15, 0.2) is 40.0 Å². The fourth-order valence-electron chi connectivity index (χ4n) is 2.85. The van der Waals surface area contributed by atoms with Crippen LogP contribution in [-0.2, 0) is 10.0 Å². The first-order chi connectivity index (χ1) is 12.7. The molecule has 9 heteroatoms. The molecule has 2 aromatic heterocycles. The summed E-state index contributed by atoms with van der Waals surface area (Å²) in [6.07, 6.45) is 1.60. The molecule has 0 radical (unpaired) electrons. The van der Waals surface area contributed by atoms with E-state index in [1.807, 2.05) is 31.4 Å². The molecule has 0 spiro atoms. The van der Waals surface area contributed by atoms with Crippen molar-refractivity contribution in [2.45, 2.75) is 51.6 Å². The Hall–Kier alpha value is -2.52. The Kier molecular flexibility index (Phi) is 5.16. The quantitative estimate of drug-likeness (QED) is 0.694. The van der Waals surface area contributed by atoms with Gasteiger partial charge in [0.05, 0.1) is 16.6 Å². The zero-order valence-electron chi connectivity index (χ0n) is 16.0. The van der Waals surface area contributed by atoms with Crippen LogP contribution in [0.5, 0.6) is 0 Å². The average molecular weight is 389 g/mol. The first-order valence-electron chi connectivity index (χ1n) is 8.65. The van der Waals surface area contributed by atoms with Gasteiger partial charge in [-0.15, -0.1) is 10.2 Å². The molecule has 0 aliphatic heterocycles. The molecular formula is C18H23N5O3S. The number of rotatable bonds is 6. The molecule has 1 atom stereocenters. The van der Waals surface area contributed by atoms with Gasteiger partial charge in [-0.1, -0.05) is 17.3 Å². The van der Waals surface area contributed by atoms with Crippen molar-refractivity contribution in [3.05, 3.63) is 47.7 Å². The minimum Gasteiger partial charge on any atom is -0.356 e. The van der Waals surface area contributed by atoms with Crippen molar-refractivity contribution in [1.82, 2.24) is 24.6 Å². The van der Waals surface area contributed by atoms with Gasteiger partial charge in [-0.25, -0.2) is 13.1 Å². The van der Waals surface area contributed by atoms with Gasteiger partial charge in [0.2, 0.25) is 10.0 Å². The highest BCUT2D eigenvalue weighted by Gasteiger charge is 2.24. The van der Waals surface area contributed by atoms with Crippen LogP contribution in [0.2, 0.25) is 0 Å². The van der Waals surface area contributed by atoms with E-state index in [-0.39, 0.29) is 10.9 Å². The van der Waals surface area contributed by atoms with Crippen molar-refractivity contribution >= 4 is 10.0 Å². The van der Waals surface area contributed by atoms with E-state index in [2.05, 4.69) is 20.1 Å². The fourth-order valence-corrected chi connectivity index (χ4v) is 4.32. The summed E-state index contributed by atoms with van der Waals surface area (Å²) in [4.78, 5) is 0.191. The summed E-state index contributed by atoms with van der Waals surface area (Å²) < 4.78 is 35.8. The van der Waals surface area contributed by atoms with Crippen molar-refractivity contribution in [1.29, 1.82) is 0 Å². The lowest BCUT2D eigenvalue weighted by molar-refractivity contribution is 0.427. The first kappa shape index (κ1) is 19.2. The van der Waals surface area contributed by atoms with Gasteiger partial charge in [0.1, 0.15) is 6.33 Å². The molecule has 0 fully saturated rings. The summed E-state index contributed by atoms with van der Waals surface area (Å²) in [7, 11) is -3.78. The number of nitrogens with zero attached hydrogens (tertiary/aromatic N) is 4. The second kappa shape index (κ2) is 7.24.